The third kappa shape index (κ3) is 3.80. The molecule has 0 fully saturated rings. The predicted molar refractivity (Wildman–Crippen MR) is 65.1 cm³/mol. The van der Waals surface area contributed by atoms with Crippen LogP contribution in [0.15, 0.2) is 24.3 Å². The average Bonchev–Trinajstić information content (AvgIpc) is 2.37. The van der Waals surface area contributed by atoms with Gasteiger partial charge in [0, 0.05) is 0 Å². The van der Waals surface area contributed by atoms with Crippen molar-refractivity contribution in [2.24, 2.45) is 0 Å². The Labute approximate surface area is 109 Å². The van der Waals surface area contributed by atoms with Gasteiger partial charge >= 0.3 is 17.9 Å². The number of carbonyl (C=O) groups excluding carboxylic acids is 1. The molecule has 0 heterocycles. The summed E-state index contributed by atoms with van der Waals surface area (Å²) in [6, 6.07) is 5.50. The van der Waals surface area contributed by atoms with Crippen molar-refractivity contribution in [2.75, 3.05) is 0 Å². The quantitative estimate of drug-likeness (QED) is 0.761. The lowest BCUT2D eigenvalue weighted by molar-refractivity contribution is -0.147. The van der Waals surface area contributed by atoms with Crippen LogP contribution in [0.4, 0.5) is 0 Å². The number of hydrogen-bond donors (Lipinski definition) is 2. The summed E-state index contributed by atoms with van der Waals surface area (Å²) < 4.78 is 4.83. The first-order valence-corrected chi connectivity index (χ1v) is 5.73. The Morgan fingerprint density at radius 1 is 1.16 bits per heavy atom. The molecule has 0 bridgehead atoms. The number of aliphatic carboxylic acids is 1. The maximum atomic E-state index is 11.8. The molecule has 0 radical (unpaired) electrons. The fraction of sp³-hybridized carbons (Fsp3) is 0.308. The van der Waals surface area contributed by atoms with Crippen molar-refractivity contribution in [1.82, 2.24) is 0 Å². The summed E-state index contributed by atoms with van der Waals surface area (Å²) in [5.74, 6) is -3.46. The molecule has 0 spiro atoms. The van der Waals surface area contributed by atoms with Gasteiger partial charge in [-0.3, -0.25) is 0 Å². The maximum absolute atomic E-state index is 11.8. The normalized spacial score (nSPS) is 11.6. The van der Waals surface area contributed by atoms with Crippen LogP contribution in [0.2, 0.25) is 0 Å². The van der Waals surface area contributed by atoms with E-state index in [2.05, 4.69) is 0 Å². The van der Waals surface area contributed by atoms with Crippen LogP contribution in [-0.2, 0) is 9.53 Å². The summed E-state index contributed by atoms with van der Waals surface area (Å²) in [7, 11) is 0. The van der Waals surface area contributed by atoms with Crippen molar-refractivity contribution in [3.8, 4) is 0 Å². The van der Waals surface area contributed by atoms with Gasteiger partial charge in [-0.1, -0.05) is 25.5 Å². The van der Waals surface area contributed by atoms with E-state index in [1.807, 2.05) is 0 Å². The lowest BCUT2D eigenvalue weighted by Gasteiger charge is -2.13. The van der Waals surface area contributed by atoms with Crippen molar-refractivity contribution in [3.63, 3.8) is 0 Å². The first-order chi connectivity index (χ1) is 8.97. The second-order valence-electron chi connectivity index (χ2n) is 3.87. The highest BCUT2D eigenvalue weighted by Crippen LogP contribution is 2.13. The minimum absolute atomic E-state index is 0.155. The molecule has 1 aromatic rings. The molecule has 1 aromatic carbocycles. The molecule has 1 atom stereocenters. The van der Waals surface area contributed by atoms with Gasteiger partial charge in [-0.25, -0.2) is 14.4 Å². The van der Waals surface area contributed by atoms with Crippen LogP contribution in [0.25, 0.3) is 0 Å². The Bertz CT molecular complexity index is 494. The second-order valence-corrected chi connectivity index (χ2v) is 3.87. The van der Waals surface area contributed by atoms with Crippen molar-refractivity contribution in [1.29, 1.82) is 0 Å². The number of rotatable bonds is 6. The van der Waals surface area contributed by atoms with E-state index in [0.717, 1.165) is 0 Å². The molecule has 0 amide bonds. The van der Waals surface area contributed by atoms with Gasteiger partial charge in [-0.2, -0.15) is 0 Å². The molecule has 0 aliphatic heterocycles. The van der Waals surface area contributed by atoms with Gasteiger partial charge in [0.25, 0.3) is 0 Å². The highest BCUT2D eigenvalue weighted by molar-refractivity contribution is 6.02. The number of carboxylic acids is 2. The van der Waals surface area contributed by atoms with Gasteiger partial charge in [0.05, 0.1) is 11.1 Å². The minimum atomic E-state index is -1.27. The molecule has 0 saturated carbocycles. The molecule has 1 rings (SSSR count). The van der Waals surface area contributed by atoms with Crippen LogP contribution in [0.5, 0.6) is 0 Å². The van der Waals surface area contributed by atoms with E-state index in [9.17, 15) is 14.4 Å². The van der Waals surface area contributed by atoms with Crippen LogP contribution in [0.1, 0.15) is 40.5 Å². The fourth-order valence-electron chi connectivity index (χ4n) is 1.54. The highest BCUT2D eigenvalue weighted by atomic mass is 16.6. The fourth-order valence-corrected chi connectivity index (χ4v) is 1.54. The van der Waals surface area contributed by atoms with Gasteiger partial charge in [-0.05, 0) is 18.6 Å². The van der Waals surface area contributed by atoms with Crippen LogP contribution in [0, 0.1) is 0 Å². The van der Waals surface area contributed by atoms with E-state index < -0.39 is 24.0 Å². The van der Waals surface area contributed by atoms with Gasteiger partial charge < -0.3 is 14.9 Å². The van der Waals surface area contributed by atoms with Gasteiger partial charge in [-0.15, -0.1) is 0 Å². The topological polar surface area (TPSA) is 101 Å². The van der Waals surface area contributed by atoms with Crippen LogP contribution >= 0.6 is 0 Å². The lowest BCUT2D eigenvalue weighted by atomic mass is 10.1. The Balaban J connectivity index is 2.94. The molecule has 19 heavy (non-hydrogen) atoms. The molecular formula is C13H14O6. The second kappa shape index (κ2) is 6.53. The summed E-state index contributed by atoms with van der Waals surface area (Å²) in [6.45, 7) is 1.76. The summed E-state index contributed by atoms with van der Waals surface area (Å²) >= 11 is 0. The molecule has 0 aromatic heterocycles. The SMILES string of the molecule is CCCC(OC(=O)c1ccccc1C(=O)O)C(=O)O. The van der Waals surface area contributed by atoms with E-state index in [4.69, 9.17) is 14.9 Å². The Morgan fingerprint density at radius 2 is 1.74 bits per heavy atom. The summed E-state index contributed by atoms with van der Waals surface area (Å²) in [5.41, 5.74) is -0.370. The van der Waals surface area contributed by atoms with Crippen LogP contribution in [-0.4, -0.2) is 34.2 Å². The monoisotopic (exact) mass is 266 g/mol. The molecule has 102 valence electrons. The number of carboxylic acid groups (broad SMARTS) is 2. The molecule has 0 aliphatic rings. The van der Waals surface area contributed by atoms with Crippen molar-refractivity contribution in [3.05, 3.63) is 35.4 Å². The van der Waals surface area contributed by atoms with E-state index >= 15 is 0 Å². The van der Waals surface area contributed by atoms with Gasteiger partial charge in [0.1, 0.15) is 0 Å². The van der Waals surface area contributed by atoms with E-state index in [1.165, 1.54) is 24.3 Å². The lowest BCUT2D eigenvalue weighted by Crippen LogP contribution is -2.27. The molecule has 6 nitrogen and oxygen atoms in total. The van der Waals surface area contributed by atoms with Crippen molar-refractivity contribution >= 4 is 17.9 Å². The Kier molecular flexibility index (Phi) is 5.05. The predicted octanol–water partition coefficient (Wildman–Crippen LogP) is 1.79. The molecular weight excluding hydrogens is 252 g/mol. The third-order valence-electron chi connectivity index (χ3n) is 2.45. The van der Waals surface area contributed by atoms with E-state index in [0.29, 0.717) is 6.42 Å². The molecule has 0 aliphatic carbocycles. The first-order valence-electron chi connectivity index (χ1n) is 5.73. The smallest absolute Gasteiger partial charge is 0.345 e. The third-order valence-corrected chi connectivity index (χ3v) is 2.45. The van der Waals surface area contributed by atoms with Crippen LogP contribution < -0.4 is 0 Å². The average molecular weight is 266 g/mol. The zero-order chi connectivity index (χ0) is 14.4. The number of aromatic carboxylic acids is 1. The molecule has 6 heteroatoms. The number of esters is 1. The van der Waals surface area contributed by atoms with Gasteiger partial charge in [0.2, 0.25) is 0 Å². The van der Waals surface area contributed by atoms with E-state index in [1.54, 1.807) is 6.92 Å². The Morgan fingerprint density at radius 3 is 2.21 bits per heavy atom. The minimum Gasteiger partial charge on any atom is -0.479 e. The first kappa shape index (κ1) is 14.7. The number of hydrogen-bond acceptors (Lipinski definition) is 4. The number of ether oxygens (including phenoxy) is 1. The molecule has 2 N–H and O–H groups in total. The largest absolute Gasteiger partial charge is 0.479 e. The maximum Gasteiger partial charge on any atom is 0.345 e. The zero-order valence-electron chi connectivity index (χ0n) is 10.3. The van der Waals surface area contributed by atoms with Crippen molar-refractivity contribution in [2.45, 2.75) is 25.9 Å². The summed E-state index contributed by atoms with van der Waals surface area (Å²) in [6.07, 6.45) is -0.555. The van der Waals surface area contributed by atoms with Gasteiger partial charge in [0.15, 0.2) is 6.10 Å². The van der Waals surface area contributed by atoms with Crippen LogP contribution in [0.3, 0.4) is 0 Å². The number of carbonyl (C=O) groups is 3. The standard InChI is InChI=1S/C13H14O6/c1-2-5-10(12(16)17)19-13(18)9-7-4-3-6-8(9)11(14)15/h3-4,6-7,10H,2,5H2,1H3,(H,14,15)(H,16,17). The van der Waals surface area contributed by atoms with E-state index in [-0.39, 0.29) is 17.5 Å². The number of benzene rings is 1. The summed E-state index contributed by atoms with van der Waals surface area (Å²) in [4.78, 5) is 33.6. The highest BCUT2D eigenvalue weighted by Gasteiger charge is 2.24. The zero-order valence-corrected chi connectivity index (χ0v) is 10.3. The summed E-state index contributed by atoms with van der Waals surface area (Å²) in [5, 5.41) is 17.8. The molecule has 1 unspecified atom stereocenters. The van der Waals surface area contributed by atoms with Crippen molar-refractivity contribution < 1.29 is 29.3 Å². The Hall–Kier alpha value is -2.37. The molecule has 0 saturated heterocycles.